The van der Waals surface area contributed by atoms with Crippen LogP contribution >= 0.6 is 0 Å². The number of hydrogen-bond acceptors (Lipinski definition) is 5. The molecule has 33 heavy (non-hydrogen) atoms. The SMILES string of the molecule is CC(CO)c1ccc(C(Cc2cc[n+]([O-])cc2)c2ccc(OC(F)F)c(OC3CC3)c2)nc1. The van der Waals surface area contributed by atoms with E-state index in [1.165, 1.54) is 18.5 Å². The van der Waals surface area contributed by atoms with Crippen LogP contribution in [0.5, 0.6) is 11.5 Å². The maximum atomic E-state index is 12.9. The Bertz CT molecular complexity index is 1060. The molecule has 1 N–H and O–H groups in total. The van der Waals surface area contributed by atoms with Crippen molar-refractivity contribution >= 4 is 0 Å². The van der Waals surface area contributed by atoms with Crippen molar-refractivity contribution in [3.8, 4) is 11.5 Å². The Morgan fingerprint density at radius 1 is 1.09 bits per heavy atom. The van der Waals surface area contributed by atoms with Gasteiger partial charge in [-0.3, -0.25) is 4.98 Å². The highest BCUT2D eigenvalue weighted by molar-refractivity contribution is 5.46. The summed E-state index contributed by atoms with van der Waals surface area (Å²) in [7, 11) is 0. The van der Waals surface area contributed by atoms with Crippen LogP contribution in [0.3, 0.4) is 0 Å². The Morgan fingerprint density at radius 2 is 1.82 bits per heavy atom. The number of ether oxygens (including phenoxy) is 2. The lowest BCUT2D eigenvalue weighted by Crippen LogP contribution is -2.24. The zero-order valence-electron chi connectivity index (χ0n) is 18.2. The van der Waals surface area contributed by atoms with Gasteiger partial charge >= 0.3 is 6.61 Å². The van der Waals surface area contributed by atoms with Gasteiger partial charge in [-0.25, -0.2) is 0 Å². The van der Waals surface area contributed by atoms with Crippen molar-refractivity contribution in [1.29, 1.82) is 0 Å². The first-order valence-corrected chi connectivity index (χ1v) is 10.9. The summed E-state index contributed by atoms with van der Waals surface area (Å²) in [5.74, 6) is 0.0481. The molecule has 8 heteroatoms. The summed E-state index contributed by atoms with van der Waals surface area (Å²) < 4.78 is 37.0. The summed E-state index contributed by atoms with van der Waals surface area (Å²) in [6.45, 7) is -1.00. The van der Waals surface area contributed by atoms with Gasteiger partial charge in [0, 0.05) is 42.5 Å². The minimum absolute atomic E-state index is 0.00610. The minimum Gasteiger partial charge on any atom is -0.619 e. The quantitative estimate of drug-likeness (QED) is 0.363. The molecule has 1 aliphatic carbocycles. The van der Waals surface area contributed by atoms with Crippen LogP contribution in [0.1, 0.15) is 54.0 Å². The van der Waals surface area contributed by atoms with Crippen LogP contribution < -0.4 is 14.2 Å². The summed E-state index contributed by atoms with van der Waals surface area (Å²) in [5, 5.41) is 20.9. The third-order valence-corrected chi connectivity index (χ3v) is 5.72. The van der Waals surface area contributed by atoms with Gasteiger partial charge in [-0.15, -0.1) is 0 Å². The molecule has 0 spiro atoms. The first-order valence-electron chi connectivity index (χ1n) is 10.9. The van der Waals surface area contributed by atoms with E-state index in [9.17, 15) is 19.1 Å². The largest absolute Gasteiger partial charge is 0.619 e. The average molecular weight is 456 g/mol. The van der Waals surface area contributed by atoms with Crippen molar-refractivity contribution in [2.45, 2.75) is 50.7 Å². The van der Waals surface area contributed by atoms with Crippen molar-refractivity contribution in [3.05, 3.63) is 88.6 Å². The molecule has 174 valence electrons. The lowest BCUT2D eigenvalue weighted by Gasteiger charge is -2.20. The number of alkyl halides is 2. The molecule has 2 heterocycles. The van der Waals surface area contributed by atoms with Crippen LogP contribution in [0.4, 0.5) is 8.78 Å². The molecular formula is C25H26F2N2O4. The summed E-state index contributed by atoms with van der Waals surface area (Å²) in [4.78, 5) is 4.64. The number of aliphatic hydroxyl groups is 1. The van der Waals surface area contributed by atoms with Gasteiger partial charge in [0.05, 0.1) is 6.10 Å². The Hall–Kier alpha value is -3.26. The van der Waals surface area contributed by atoms with E-state index in [4.69, 9.17) is 4.74 Å². The number of halogens is 2. The predicted molar refractivity (Wildman–Crippen MR) is 117 cm³/mol. The molecule has 2 aromatic heterocycles. The van der Waals surface area contributed by atoms with Gasteiger partial charge in [-0.05, 0) is 54.2 Å². The van der Waals surface area contributed by atoms with Crippen molar-refractivity contribution in [1.82, 2.24) is 4.98 Å². The molecule has 0 aliphatic heterocycles. The first-order chi connectivity index (χ1) is 15.9. The van der Waals surface area contributed by atoms with Gasteiger partial charge in [-0.2, -0.15) is 13.5 Å². The van der Waals surface area contributed by atoms with Crippen molar-refractivity contribution < 1.29 is 28.1 Å². The molecule has 1 saturated carbocycles. The molecule has 1 aliphatic rings. The number of hydrogen-bond donors (Lipinski definition) is 1. The highest BCUT2D eigenvalue weighted by atomic mass is 19.3. The Balaban J connectivity index is 1.70. The maximum Gasteiger partial charge on any atom is 0.387 e. The van der Waals surface area contributed by atoms with Crippen molar-refractivity contribution in [2.75, 3.05) is 6.61 Å². The zero-order valence-corrected chi connectivity index (χ0v) is 18.2. The van der Waals surface area contributed by atoms with Crippen molar-refractivity contribution in [2.24, 2.45) is 0 Å². The van der Waals surface area contributed by atoms with E-state index >= 15 is 0 Å². The van der Waals surface area contributed by atoms with Gasteiger partial charge in [-0.1, -0.05) is 19.1 Å². The van der Waals surface area contributed by atoms with Gasteiger partial charge in [0.2, 0.25) is 0 Å². The van der Waals surface area contributed by atoms with Gasteiger partial charge < -0.3 is 19.8 Å². The van der Waals surface area contributed by atoms with E-state index in [1.54, 1.807) is 30.5 Å². The first kappa shape index (κ1) is 22.9. The third-order valence-electron chi connectivity index (χ3n) is 5.72. The molecule has 2 atom stereocenters. The Labute approximate surface area is 191 Å². The number of pyridine rings is 2. The van der Waals surface area contributed by atoms with Gasteiger partial charge in [0.1, 0.15) is 0 Å². The van der Waals surface area contributed by atoms with Crippen LogP contribution in [0.15, 0.2) is 61.1 Å². The summed E-state index contributed by atoms with van der Waals surface area (Å²) in [5.41, 5.74) is 3.47. The van der Waals surface area contributed by atoms with Crippen LogP contribution in [-0.4, -0.2) is 29.4 Å². The normalized spacial score (nSPS) is 15.3. The fourth-order valence-corrected chi connectivity index (χ4v) is 3.62. The predicted octanol–water partition coefficient (Wildman–Crippen LogP) is 4.33. The van der Waals surface area contributed by atoms with Gasteiger partial charge in [0.15, 0.2) is 23.9 Å². The molecule has 2 unspecified atom stereocenters. The summed E-state index contributed by atoms with van der Waals surface area (Å²) in [6.07, 6.45) is 6.94. The maximum absolute atomic E-state index is 12.9. The fourth-order valence-electron chi connectivity index (χ4n) is 3.62. The molecular weight excluding hydrogens is 430 g/mol. The van der Waals surface area contributed by atoms with Crippen LogP contribution in [-0.2, 0) is 6.42 Å². The van der Waals surface area contributed by atoms with Crippen LogP contribution in [0, 0.1) is 5.21 Å². The highest BCUT2D eigenvalue weighted by Crippen LogP contribution is 2.38. The third kappa shape index (κ3) is 5.96. The Kier molecular flexibility index (Phi) is 7.03. The number of aromatic nitrogens is 2. The molecule has 1 fully saturated rings. The van der Waals surface area contributed by atoms with Gasteiger partial charge in [0.25, 0.3) is 0 Å². The highest BCUT2D eigenvalue weighted by Gasteiger charge is 2.27. The minimum atomic E-state index is -2.95. The fraction of sp³-hybridized carbons (Fsp3) is 0.360. The van der Waals surface area contributed by atoms with Crippen LogP contribution in [0.2, 0.25) is 0 Å². The molecule has 0 amide bonds. The number of rotatable bonds is 10. The second kappa shape index (κ2) is 10.1. The average Bonchev–Trinajstić information content (AvgIpc) is 3.63. The van der Waals surface area contributed by atoms with E-state index in [2.05, 4.69) is 9.72 Å². The molecule has 1 aromatic carbocycles. The summed E-state index contributed by atoms with van der Waals surface area (Å²) >= 11 is 0. The zero-order chi connectivity index (χ0) is 23.4. The van der Waals surface area contributed by atoms with E-state index < -0.39 is 6.61 Å². The molecule has 3 aromatic rings. The van der Waals surface area contributed by atoms with E-state index in [0.29, 0.717) is 6.42 Å². The standard InChI is InChI=1S/C25H26F2N2O4/c1-16(15-30)19-2-6-22(28-14-19)21(12-17-8-10-29(31)11-9-17)18-3-7-23(33-25(26)27)24(13-18)32-20-4-5-20/h2-3,6-11,13-14,16,20-21,25,30H,4-5,12,15H2,1H3. The number of aliphatic hydroxyl groups excluding tert-OH is 1. The molecule has 0 bridgehead atoms. The van der Waals surface area contributed by atoms with Crippen LogP contribution in [0.25, 0.3) is 0 Å². The van der Waals surface area contributed by atoms with Crippen molar-refractivity contribution in [3.63, 3.8) is 0 Å². The number of benzene rings is 1. The lowest BCUT2D eigenvalue weighted by molar-refractivity contribution is -0.605. The summed E-state index contributed by atoms with van der Waals surface area (Å²) in [6, 6.07) is 12.3. The van der Waals surface area contributed by atoms with E-state index in [0.717, 1.165) is 40.0 Å². The molecule has 0 radical (unpaired) electrons. The second-order valence-corrected chi connectivity index (χ2v) is 8.32. The molecule has 4 rings (SSSR count). The monoisotopic (exact) mass is 456 g/mol. The molecule has 6 nitrogen and oxygen atoms in total. The lowest BCUT2D eigenvalue weighted by atomic mass is 9.88. The van der Waals surface area contributed by atoms with E-state index in [-0.39, 0.29) is 36.0 Å². The molecule has 0 saturated heterocycles. The number of nitrogens with zero attached hydrogens (tertiary/aromatic N) is 2. The topological polar surface area (TPSA) is 78.5 Å². The Morgan fingerprint density at radius 3 is 2.42 bits per heavy atom. The second-order valence-electron chi connectivity index (χ2n) is 8.32. The van der Waals surface area contributed by atoms with E-state index in [1.807, 2.05) is 19.1 Å². The smallest absolute Gasteiger partial charge is 0.387 e.